The van der Waals surface area contributed by atoms with E-state index in [1.165, 1.54) is 16.7 Å². The number of hydrogen-bond acceptors (Lipinski definition) is 3. The molecule has 0 saturated heterocycles. The van der Waals surface area contributed by atoms with Crippen LogP contribution in [0.3, 0.4) is 0 Å². The Morgan fingerprint density at radius 3 is 1.91 bits per heavy atom. The van der Waals surface area contributed by atoms with Crippen LogP contribution in [-0.4, -0.2) is 19.5 Å². The second-order valence-electron chi connectivity index (χ2n) is 10.5. The van der Waals surface area contributed by atoms with Crippen LogP contribution < -0.4 is 9.47 Å². The van der Waals surface area contributed by atoms with Gasteiger partial charge in [-0.2, -0.15) is 0 Å². The molecule has 2 aromatic rings. The molecular weight excluding hydrogens is 408 g/mol. The molecule has 0 N–H and O–H groups in total. The second-order valence-corrected chi connectivity index (χ2v) is 10.5. The first-order chi connectivity index (χ1) is 15.4. The zero-order valence-corrected chi connectivity index (χ0v) is 23.0. The molecule has 0 saturated carbocycles. The molecule has 0 fully saturated rings. The van der Waals surface area contributed by atoms with Gasteiger partial charge in [-0.15, -0.1) is 0 Å². The van der Waals surface area contributed by atoms with Crippen molar-refractivity contribution in [3.8, 4) is 11.5 Å². The summed E-state index contributed by atoms with van der Waals surface area (Å²) < 4.78 is 17.8. The Bertz CT molecular complexity index is 810. The van der Waals surface area contributed by atoms with E-state index >= 15 is 0 Å². The topological polar surface area (TPSA) is 27.7 Å². The lowest BCUT2D eigenvalue weighted by molar-refractivity contribution is -0.0740. The van der Waals surface area contributed by atoms with Gasteiger partial charge in [0.15, 0.2) is 6.29 Å². The van der Waals surface area contributed by atoms with E-state index in [1.54, 1.807) is 0 Å². The highest BCUT2D eigenvalue weighted by atomic mass is 16.7. The van der Waals surface area contributed by atoms with E-state index < -0.39 is 0 Å². The van der Waals surface area contributed by atoms with Gasteiger partial charge in [-0.3, -0.25) is 0 Å². The van der Waals surface area contributed by atoms with Crippen LogP contribution in [0.15, 0.2) is 42.5 Å². The minimum absolute atomic E-state index is 0.00922. The molecule has 0 aromatic heterocycles. The molecule has 0 spiro atoms. The third-order valence-electron chi connectivity index (χ3n) is 5.71. The number of hydrogen-bond donors (Lipinski definition) is 0. The summed E-state index contributed by atoms with van der Waals surface area (Å²) in [5.74, 6) is 2.32. The average Bonchev–Trinajstić information content (AvgIpc) is 2.76. The van der Waals surface area contributed by atoms with E-state index in [-0.39, 0.29) is 17.1 Å². The van der Waals surface area contributed by atoms with E-state index in [0.29, 0.717) is 19.1 Å². The van der Waals surface area contributed by atoms with Gasteiger partial charge in [0.2, 0.25) is 0 Å². The Hall–Kier alpha value is -2.00. The molecule has 0 radical (unpaired) electrons. The Labute approximate surface area is 203 Å². The maximum atomic E-state index is 6.11. The van der Waals surface area contributed by atoms with Crippen molar-refractivity contribution in [2.24, 2.45) is 0 Å². The van der Waals surface area contributed by atoms with Gasteiger partial charge in [0.1, 0.15) is 18.1 Å². The molecule has 0 aliphatic heterocycles. The lowest BCUT2D eigenvalue weighted by Gasteiger charge is -2.27. The molecule has 0 aliphatic rings. The Balaban J connectivity index is 0.00000265. The number of benzene rings is 2. The van der Waals surface area contributed by atoms with Crippen molar-refractivity contribution in [3.63, 3.8) is 0 Å². The summed E-state index contributed by atoms with van der Waals surface area (Å²) in [7, 11) is 0. The third-order valence-corrected chi connectivity index (χ3v) is 5.71. The van der Waals surface area contributed by atoms with Crippen molar-refractivity contribution in [1.29, 1.82) is 0 Å². The van der Waals surface area contributed by atoms with Crippen LogP contribution in [0.2, 0.25) is 0 Å². The highest BCUT2D eigenvalue weighted by Crippen LogP contribution is 2.35. The van der Waals surface area contributed by atoms with Crippen molar-refractivity contribution in [3.05, 3.63) is 59.2 Å². The van der Waals surface area contributed by atoms with Gasteiger partial charge < -0.3 is 14.2 Å². The predicted molar refractivity (Wildman–Crippen MR) is 142 cm³/mol. The summed E-state index contributed by atoms with van der Waals surface area (Å²) in [4.78, 5) is 0. The highest BCUT2D eigenvalue weighted by molar-refractivity contribution is 5.43. The summed E-state index contributed by atoms with van der Waals surface area (Å²) >= 11 is 0. The van der Waals surface area contributed by atoms with Gasteiger partial charge in [0.25, 0.3) is 0 Å². The Morgan fingerprint density at radius 1 is 0.788 bits per heavy atom. The van der Waals surface area contributed by atoms with Crippen LogP contribution >= 0.6 is 0 Å². The molecule has 2 aromatic carbocycles. The van der Waals surface area contributed by atoms with Crippen LogP contribution in [-0.2, 0) is 15.6 Å². The van der Waals surface area contributed by atoms with Gasteiger partial charge in [0.05, 0.1) is 6.61 Å². The number of rotatable bonds is 9. The van der Waals surface area contributed by atoms with Crippen molar-refractivity contribution in [1.82, 2.24) is 0 Å². The van der Waals surface area contributed by atoms with Gasteiger partial charge in [0, 0.05) is 0 Å². The zero-order chi connectivity index (χ0) is 25.2. The molecule has 0 heterocycles. The first-order valence-corrected chi connectivity index (χ1v) is 12.6. The van der Waals surface area contributed by atoms with Gasteiger partial charge >= 0.3 is 0 Å². The summed E-state index contributed by atoms with van der Waals surface area (Å²) in [6.07, 6.45) is 0.804. The standard InChI is InChI=1S/C28H42O3.C2H6/c1-10-20(2)22-11-14-24(15-12-22)31-21(3)29-17-18-30-26-16-13-23(27(4,5)6)19-25(26)28(7,8)9;1-2/h11-16,19-21H,10,17-18H2,1-9H3;1-2H3. The van der Waals surface area contributed by atoms with Crippen molar-refractivity contribution in [2.75, 3.05) is 13.2 Å². The van der Waals surface area contributed by atoms with Crippen LogP contribution in [0.5, 0.6) is 11.5 Å². The van der Waals surface area contributed by atoms with E-state index in [1.807, 2.05) is 32.9 Å². The lowest BCUT2D eigenvalue weighted by atomic mass is 9.80. The molecule has 2 atom stereocenters. The van der Waals surface area contributed by atoms with Crippen molar-refractivity contribution in [2.45, 2.75) is 106 Å². The van der Waals surface area contributed by atoms with Crippen LogP contribution in [0, 0.1) is 0 Å². The predicted octanol–water partition coefficient (Wildman–Crippen LogP) is 8.64. The molecule has 2 unspecified atom stereocenters. The maximum absolute atomic E-state index is 6.11. The van der Waals surface area contributed by atoms with Crippen molar-refractivity contribution >= 4 is 0 Å². The van der Waals surface area contributed by atoms with Crippen LogP contribution in [0.1, 0.15) is 105 Å². The molecule has 0 amide bonds. The molecule has 0 aliphatic carbocycles. The summed E-state index contributed by atoms with van der Waals surface area (Å²) in [6.45, 7) is 24.7. The van der Waals surface area contributed by atoms with E-state index in [9.17, 15) is 0 Å². The minimum Gasteiger partial charge on any atom is -0.491 e. The van der Waals surface area contributed by atoms with Crippen LogP contribution in [0.25, 0.3) is 0 Å². The molecule has 3 heteroatoms. The SMILES string of the molecule is CC.CCC(C)c1ccc(OC(C)OCCOc2ccc(C(C)(C)C)cc2C(C)(C)C)cc1. The summed E-state index contributed by atoms with van der Waals surface area (Å²) in [6, 6.07) is 14.9. The maximum Gasteiger partial charge on any atom is 0.197 e. The Morgan fingerprint density at radius 2 is 1.39 bits per heavy atom. The van der Waals surface area contributed by atoms with Gasteiger partial charge in [-0.05, 0) is 65.0 Å². The molecule has 0 bridgehead atoms. The minimum atomic E-state index is -0.330. The smallest absolute Gasteiger partial charge is 0.197 e. The molecule has 33 heavy (non-hydrogen) atoms. The first kappa shape index (κ1) is 29.0. The average molecular weight is 457 g/mol. The Kier molecular flexibility index (Phi) is 11.5. The fourth-order valence-corrected chi connectivity index (χ4v) is 3.41. The summed E-state index contributed by atoms with van der Waals surface area (Å²) in [5, 5.41) is 0. The second kappa shape index (κ2) is 13.0. The van der Waals surface area contributed by atoms with E-state index in [0.717, 1.165) is 17.9 Å². The fourth-order valence-electron chi connectivity index (χ4n) is 3.41. The molecular formula is C30H48O3. The van der Waals surface area contributed by atoms with Gasteiger partial charge in [-0.25, -0.2) is 0 Å². The quantitative estimate of drug-likeness (QED) is 0.279. The highest BCUT2D eigenvalue weighted by Gasteiger charge is 2.23. The summed E-state index contributed by atoms with van der Waals surface area (Å²) in [5.41, 5.74) is 4.01. The zero-order valence-electron chi connectivity index (χ0n) is 23.0. The molecule has 2 rings (SSSR count). The van der Waals surface area contributed by atoms with E-state index in [4.69, 9.17) is 14.2 Å². The third kappa shape index (κ3) is 9.41. The number of ether oxygens (including phenoxy) is 3. The normalized spacial score (nSPS) is 13.5. The monoisotopic (exact) mass is 456 g/mol. The fraction of sp³-hybridized carbons (Fsp3) is 0.600. The van der Waals surface area contributed by atoms with Crippen molar-refractivity contribution < 1.29 is 14.2 Å². The van der Waals surface area contributed by atoms with E-state index in [2.05, 4.69) is 85.7 Å². The molecule has 3 nitrogen and oxygen atoms in total. The molecule has 186 valence electrons. The van der Waals surface area contributed by atoms with Gasteiger partial charge in [-0.1, -0.05) is 93.5 Å². The largest absolute Gasteiger partial charge is 0.491 e. The first-order valence-electron chi connectivity index (χ1n) is 12.6. The van der Waals surface area contributed by atoms with Crippen LogP contribution in [0.4, 0.5) is 0 Å². The lowest BCUT2D eigenvalue weighted by Crippen LogP contribution is -2.21.